The molecule has 1 aliphatic carbocycles. The van der Waals surface area contributed by atoms with Gasteiger partial charge in [-0.2, -0.15) is 0 Å². The molecule has 0 saturated heterocycles. The van der Waals surface area contributed by atoms with Crippen LogP contribution in [0.2, 0.25) is 0 Å². The Labute approximate surface area is 115 Å². The number of rotatable bonds is 3. The van der Waals surface area contributed by atoms with Gasteiger partial charge in [0, 0.05) is 13.0 Å². The average Bonchev–Trinajstić information content (AvgIpc) is 2.88. The van der Waals surface area contributed by atoms with Crippen molar-refractivity contribution in [3.05, 3.63) is 0 Å². The maximum Gasteiger partial charge on any atom is 0.238 e. The zero-order valence-corrected chi connectivity index (χ0v) is 11.5. The highest BCUT2D eigenvalue weighted by molar-refractivity contribution is 5.85. The second kappa shape index (κ2) is 8.19. The van der Waals surface area contributed by atoms with Crippen molar-refractivity contribution in [3.8, 4) is 0 Å². The molecule has 1 amide bonds. The van der Waals surface area contributed by atoms with E-state index in [9.17, 15) is 4.79 Å². The van der Waals surface area contributed by atoms with Crippen LogP contribution in [-0.2, 0) is 4.79 Å². The highest BCUT2D eigenvalue weighted by Crippen LogP contribution is 2.26. The van der Waals surface area contributed by atoms with E-state index in [4.69, 9.17) is 0 Å². The van der Waals surface area contributed by atoms with E-state index in [-0.39, 0.29) is 18.3 Å². The molecule has 3 N–H and O–H groups in total. The Hall–Kier alpha value is -0.970. The zero-order chi connectivity index (χ0) is 11.9. The lowest BCUT2D eigenvalue weighted by Gasteiger charge is -2.21. The van der Waals surface area contributed by atoms with Crippen LogP contribution in [0.4, 0.5) is 0 Å². The molecule has 0 aromatic heterocycles. The van der Waals surface area contributed by atoms with E-state index < -0.39 is 0 Å². The van der Waals surface area contributed by atoms with Crippen LogP contribution in [-0.4, -0.2) is 25.0 Å². The smallest absolute Gasteiger partial charge is 0.238 e. The molecule has 0 bridgehead atoms. The molecular formula is C12H23ClN4O. The van der Waals surface area contributed by atoms with E-state index in [1.807, 2.05) is 0 Å². The predicted molar refractivity (Wildman–Crippen MR) is 74.6 cm³/mol. The van der Waals surface area contributed by atoms with E-state index in [1.165, 1.54) is 32.1 Å². The van der Waals surface area contributed by atoms with Crippen LogP contribution in [0.1, 0.15) is 44.9 Å². The molecule has 0 radical (unpaired) electrons. The minimum atomic E-state index is 0. The zero-order valence-electron chi connectivity index (χ0n) is 10.7. The minimum absolute atomic E-state index is 0. The first-order valence-electron chi connectivity index (χ1n) is 6.68. The topological polar surface area (TPSA) is 65.5 Å². The van der Waals surface area contributed by atoms with Crippen LogP contribution in [0.3, 0.4) is 0 Å². The molecule has 2 aliphatic rings. The number of carbonyl (C=O) groups is 1. The maximum atomic E-state index is 11.6. The average molecular weight is 275 g/mol. The van der Waals surface area contributed by atoms with Crippen LogP contribution in [0.25, 0.3) is 0 Å². The van der Waals surface area contributed by atoms with Crippen LogP contribution in [0.5, 0.6) is 0 Å². The lowest BCUT2D eigenvalue weighted by atomic mass is 9.86. The third kappa shape index (κ3) is 5.12. The number of carbonyl (C=O) groups excluding carboxylic acids is 1. The summed E-state index contributed by atoms with van der Waals surface area (Å²) < 4.78 is 0. The lowest BCUT2D eigenvalue weighted by Crippen LogP contribution is -2.46. The van der Waals surface area contributed by atoms with Crippen molar-refractivity contribution in [2.24, 2.45) is 10.9 Å². The number of hydrazine groups is 1. The standard InChI is InChI=1S/C12H22N4O.ClH/c17-11(15-16-12-13-8-9-14-12)7-6-10-4-2-1-3-5-10;/h10H,1-9H2,(H,15,17)(H2,13,14,16);1H. The molecule has 0 atom stereocenters. The first kappa shape index (κ1) is 15.1. The lowest BCUT2D eigenvalue weighted by molar-refractivity contribution is -0.122. The normalized spacial score (nSPS) is 19.4. The molecule has 1 saturated carbocycles. The summed E-state index contributed by atoms with van der Waals surface area (Å²) in [6, 6.07) is 0. The van der Waals surface area contributed by atoms with Gasteiger partial charge < -0.3 is 5.32 Å². The summed E-state index contributed by atoms with van der Waals surface area (Å²) in [6.07, 6.45) is 8.29. The Bertz CT molecular complexity index is 290. The van der Waals surface area contributed by atoms with Gasteiger partial charge in [-0.3, -0.25) is 20.6 Å². The number of guanidine groups is 1. The molecule has 0 spiro atoms. The first-order chi connectivity index (χ1) is 8.34. The van der Waals surface area contributed by atoms with Gasteiger partial charge >= 0.3 is 0 Å². The minimum Gasteiger partial charge on any atom is -0.353 e. The molecule has 0 aromatic rings. The van der Waals surface area contributed by atoms with Crippen molar-refractivity contribution in [2.75, 3.05) is 13.1 Å². The molecular weight excluding hydrogens is 252 g/mol. The Morgan fingerprint density at radius 2 is 2.11 bits per heavy atom. The number of nitrogens with one attached hydrogen (secondary N) is 3. The van der Waals surface area contributed by atoms with Crippen molar-refractivity contribution in [1.29, 1.82) is 0 Å². The largest absolute Gasteiger partial charge is 0.353 e. The number of amides is 1. The van der Waals surface area contributed by atoms with Crippen LogP contribution in [0.15, 0.2) is 4.99 Å². The molecule has 5 nitrogen and oxygen atoms in total. The van der Waals surface area contributed by atoms with Gasteiger partial charge in [-0.15, -0.1) is 12.4 Å². The summed E-state index contributed by atoms with van der Waals surface area (Å²) in [5, 5.41) is 3.04. The molecule has 1 aliphatic heterocycles. The highest BCUT2D eigenvalue weighted by Gasteiger charge is 2.15. The fourth-order valence-corrected chi connectivity index (χ4v) is 2.48. The number of aliphatic imine (C=N–C) groups is 1. The number of halogens is 1. The molecule has 2 rings (SSSR count). The number of hydrogen-bond donors (Lipinski definition) is 3. The van der Waals surface area contributed by atoms with E-state index in [0.717, 1.165) is 25.4 Å². The third-order valence-corrected chi connectivity index (χ3v) is 3.50. The predicted octanol–water partition coefficient (Wildman–Crippen LogP) is 1.35. The fourth-order valence-electron chi connectivity index (χ4n) is 2.48. The molecule has 0 unspecified atom stereocenters. The van der Waals surface area contributed by atoms with Gasteiger partial charge in [0.25, 0.3) is 0 Å². The molecule has 0 aromatic carbocycles. The Balaban J connectivity index is 0.00000162. The Kier molecular flexibility index (Phi) is 6.86. The summed E-state index contributed by atoms with van der Waals surface area (Å²) in [6.45, 7) is 1.63. The maximum absolute atomic E-state index is 11.6. The summed E-state index contributed by atoms with van der Waals surface area (Å²) in [7, 11) is 0. The molecule has 104 valence electrons. The van der Waals surface area contributed by atoms with Gasteiger partial charge in [-0.25, -0.2) is 0 Å². The van der Waals surface area contributed by atoms with E-state index in [1.54, 1.807) is 0 Å². The second-order valence-electron chi connectivity index (χ2n) is 4.87. The van der Waals surface area contributed by atoms with Crippen molar-refractivity contribution in [3.63, 3.8) is 0 Å². The van der Waals surface area contributed by atoms with Crippen LogP contribution < -0.4 is 16.2 Å². The van der Waals surface area contributed by atoms with Crippen molar-refractivity contribution < 1.29 is 4.79 Å². The van der Waals surface area contributed by atoms with Gasteiger partial charge in [-0.1, -0.05) is 32.1 Å². The van der Waals surface area contributed by atoms with Gasteiger partial charge in [0.1, 0.15) is 0 Å². The Morgan fingerprint density at radius 1 is 1.33 bits per heavy atom. The van der Waals surface area contributed by atoms with Gasteiger partial charge in [0.15, 0.2) is 0 Å². The third-order valence-electron chi connectivity index (χ3n) is 3.50. The first-order valence-corrected chi connectivity index (χ1v) is 6.68. The van der Waals surface area contributed by atoms with Crippen molar-refractivity contribution in [1.82, 2.24) is 16.2 Å². The van der Waals surface area contributed by atoms with E-state index in [0.29, 0.717) is 12.4 Å². The quantitative estimate of drug-likeness (QED) is 0.681. The molecule has 6 heteroatoms. The number of nitrogens with zero attached hydrogens (tertiary/aromatic N) is 1. The van der Waals surface area contributed by atoms with Crippen LogP contribution >= 0.6 is 12.4 Å². The fraction of sp³-hybridized carbons (Fsp3) is 0.833. The SMILES string of the molecule is Cl.O=C(CCC1CCCCC1)NNC1=NCCN1. The monoisotopic (exact) mass is 274 g/mol. The van der Waals surface area contributed by atoms with Gasteiger partial charge in [0.05, 0.1) is 6.54 Å². The van der Waals surface area contributed by atoms with Gasteiger partial charge in [-0.05, 0) is 12.3 Å². The Morgan fingerprint density at radius 3 is 2.78 bits per heavy atom. The van der Waals surface area contributed by atoms with E-state index in [2.05, 4.69) is 21.2 Å². The van der Waals surface area contributed by atoms with E-state index >= 15 is 0 Å². The summed E-state index contributed by atoms with van der Waals surface area (Å²) >= 11 is 0. The van der Waals surface area contributed by atoms with Crippen molar-refractivity contribution >= 4 is 24.3 Å². The molecule has 18 heavy (non-hydrogen) atoms. The van der Waals surface area contributed by atoms with Crippen molar-refractivity contribution in [2.45, 2.75) is 44.9 Å². The summed E-state index contributed by atoms with van der Waals surface area (Å²) in [5.41, 5.74) is 5.49. The molecule has 1 heterocycles. The van der Waals surface area contributed by atoms with Crippen LogP contribution in [0, 0.1) is 5.92 Å². The summed E-state index contributed by atoms with van der Waals surface area (Å²) in [4.78, 5) is 15.7. The number of hydrogen-bond acceptors (Lipinski definition) is 4. The summed E-state index contributed by atoms with van der Waals surface area (Å²) in [5.74, 6) is 1.50. The highest BCUT2D eigenvalue weighted by atomic mass is 35.5. The van der Waals surface area contributed by atoms with Gasteiger partial charge in [0.2, 0.25) is 11.9 Å². The second-order valence-corrected chi connectivity index (χ2v) is 4.87. The molecule has 1 fully saturated rings.